The summed E-state index contributed by atoms with van der Waals surface area (Å²) in [5, 5.41) is 0. The van der Waals surface area contributed by atoms with Gasteiger partial charge in [-0.3, -0.25) is 9.10 Å². The number of rotatable bonds is 8. The molecule has 1 heterocycles. The van der Waals surface area contributed by atoms with Crippen molar-refractivity contribution in [1.29, 1.82) is 0 Å². The molecule has 0 N–H and O–H groups in total. The molecule has 1 amide bonds. The molecule has 168 valence electrons. The number of anilines is 1. The summed E-state index contributed by atoms with van der Waals surface area (Å²) in [6.45, 7) is 5.64. The Bertz CT molecular complexity index is 976. The van der Waals surface area contributed by atoms with Gasteiger partial charge in [-0.15, -0.1) is 11.8 Å². The Morgan fingerprint density at radius 3 is 2.42 bits per heavy atom. The maximum absolute atomic E-state index is 13.5. The Balaban J connectivity index is 1.93. The molecule has 1 aliphatic heterocycles. The third-order valence-corrected chi connectivity index (χ3v) is 7.90. The molecule has 1 atom stereocenters. The Hall–Kier alpha value is -2.19. The molecular formula is C23H30N2O4S2. The highest BCUT2D eigenvalue weighted by Gasteiger charge is 2.30. The van der Waals surface area contributed by atoms with Gasteiger partial charge in [-0.2, -0.15) is 0 Å². The molecule has 0 saturated carbocycles. The van der Waals surface area contributed by atoms with Crippen molar-refractivity contribution < 1.29 is 17.9 Å². The summed E-state index contributed by atoms with van der Waals surface area (Å²) >= 11 is 1.55. The Morgan fingerprint density at radius 2 is 1.84 bits per heavy atom. The lowest BCUT2D eigenvalue weighted by Gasteiger charge is -2.33. The van der Waals surface area contributed by atoms with E-state index in [4.69, 9.17) is 4.74 Å². The topological polar surface area (TPSA) is 66.9 Å². The van der Waals surface area contributed by atoms with Gasteiger partial charge in [0.05, 0.1) is 17.2 Å². The molecule has 0 radical (unpaired) electrons. The van der Waals surface area contributed by atoms with E-state index in [1.54, 1.807) is 65.2 Å². The summed E-state index contributed by atoms with van der Waals surface area (Å²) in [4.78, 5) is 16.0. The van der Waals surface area contributed by atoms with Crippen molar-refractivity contribution in [1.82, 2.24) is 4.90 Å². The first-order valence-corrected chi connectivity index (χ1v) is 13.2. The van der Waals surface area contributed by atoms with Gasteiger partial charge < -0.3 is 9.64 Å². The number of sulfonamides is 1. The van der Waals surface area contributed by atoms with Crippen LogP contribution in [-0.2, 0) is 14.8 Å². The molecule has 0 aromatic heterocycles. The number of amides is 1. The van der Waals surface area contributed by atoms with Crippen molar-refractivity contribution in [2.45, 2.75) is 36.5 Å². The lowest BCUT2D eigenvalue weighted by Crippen LogP contribution is -2.46. The highest BCUT2D eigenvalue weighted by Crippen LogP contribution is 2.28. The van der Waals surface area contributed by atoms with E-state index in [1.807, 2.05) is 13.2 Å². The molecule has 0 bridgehead atoms. The molecule has 0 aliphatic carbocycles. The highest BCUT2D eigenvalue weighted by atomic mass is 32.2. The monoisotopic (exact) mass is 462 g/mol. The number of ether oxygens (including phenoxy) is 1. The van der Waals surface area contributed by atoms with Crippen LogP contribution in [0.2, 0.25) is 0 Å². The van der Waals surface area contributed by atoms with Gasteiger partial charge >= 0.3 is 0 Å². The van der Waals surface area contributed by atoms with Gasteiger partial charge in [-0.1, -0.05) is 6.92 Å². The van der Waals surface area contributed by atoms with E-state index in [1.165, 1.54) is 4.31 Å². The van der Waals surface area contributed by atoms with Gasteiger partial charge in [0, 0.05) is 18.0 Å². The van der Waals surface area contributed by atoms with E-state index in [0.29, 0.717) is 37.1 Å². The minimum Gasteiger partial charge on any atom is -0.494 e. The van der Waals surface area contributed by atoms with Crippen molar-refractivity contribution in [3.63, 3.8) is 0 Å². The molecular weight excluding hydrogens is 432 g/mol. The van der Waals surface area contributed by atoms with Crippen molar-refractivity contribution >= 4 is 33.4 Å². The maximum Gasteiger partial charge on any atom is 0.264 e. The molecule has 0 unspecified atom stereocenters. The van der Waals surface area contributed by atoms with Crippen LogP contribution < -0.4 is 9.04 Å². The Labute approximate surface area is 189 Å². The average molecular weight is 463 g/mol. The van der Waals surface area contributed by atoms with E-state index in [9.17, 15) is 13.2 Å². The molecule has 1 fully saturated rings. The van der Waals surface area contributed by atoms with Crippen LogP contribution in [0.4, 0.5) is 5.69 Å². The zero-order valence-corrected chi connectivity index (χ0v) is 19.9. The number of likely N-dealkylation sites (tertiary alicyclic amines) is 1. The van der Waals surface area contributed by atoms with Crippen LogP contribution in [-0.4, -0.2) is 51.7 Å². The predicted octanol–water partition coefficient (Wildman–Crippen LogP) is 4.26. The molecule has 6 nitrogen and oxygen atoms in total. The lowest BCUT2D eigenvalue weighted by atomic mass is 10.0. The SMILES string of the molecule is CCOc1ccc(N(CC(=O)N2CCC[C@@H](C)C2)S(=O)(=O)c2ccc(SC)cc2)cc1. The number of carbonyl (C=O) groups is 1. The summed E-state index contributed by atoms with van der Waals surface area (Å²) in [5.74, 6) is 0.904. The van der Waals surface area contributed by atoms with Gasteiger partial charge in [0.15, 0.2) is 0 Å². The second-order valence-electron chi connectivity index (χ2n) is 7.70. The molecule has 3 rings (SSSR count). The molecule has 1 aliphatic rings. The van der Waals surface area contributed by atoms with Crippen molar-refractivity contribution in [2.24, 2.45) is 5.92 Å². The summed E-state index contributed by atoms with van der Waals surface area (Å²) in [6, 6.07) is 13.6. The molecule has 1 saturated heterocycles. The van der Waals surface area contributed by atoms with E-state index in [2.05, 4.69) is 6.92 Å². The fourth-order valence-corrected chi connectivity index (χ4v) is 5.53. The number of hydrogen-bond acceptors (Lipinski definition) is 5. The maximum atomic E-state index is 13.5. The average Bonchev–Trinajstić information content (AvgIpc) is 2.78. The number of piperidine rings is 1. The molecule has 8 heteroatoms. The largest absolute Gasteiger partial charge is 0.494 e. The summed E-state index contributed by atoms with van der Waals surface area (Å²) in [7, 11) is -3.92. The van der Waals surface area contributed by atoms with Crippen LogP contribution >= 0.6 is 11.8 Å². The fourth-order valence-electron chi connectivity index (χ4n) is 3.70. The normalized spacial score (nSPS) is 16.7. The van der Waals surface area contributed by atoms with Gasteiger partial charge in [-0.25, -0.2) is 8.42 Å². The molecule has 0 spiro atoms. The van der Waals surface area contributed by atoms with Crippen LogP contribution in [0.15, 0.2) is 58.3 Å². The third-order valence-electron chi connectivity index (χ3n) is 5.37. The molecule has 2 aromatic rings. The first-order chi connectivity index (χ1) is 14.8. The van der Waals surface area contributed by atoms with Gasteiger partial charge in [0.2, 0.25) is 5.91 Å². The van der Waals surface area contributed by atoms with E-state index >= 15 is 0 Å². The second kappa shape index (κ2) is 10.4. The second-order valence-corrected chi connectivity index (χ2v) is 10.4. The van der Waals surface area contributed by atoms with Gasteiger partial charge in [0.1, 0.15) is 12.3 Å². The number of nitrogens with zero attached hydrogens (tertiary/aromatic N) is 2. The van der Waals surface area contributed by atoms with E-state index in [0.717, 1.165) is 17.7 Å². The standard InChI is InChI=1S/C23H30N2O4S2/c1-4-29-20-9-7-19(8-10-20)25(17-23(26)24-15-5-6-18(2)16-24)31(27,28)22-13-11-21(30-3)12-14-22/h7-14,18H,4-6,15-17H2,1-3H3/t18-/m1/s1. The number of benzene rings is 2. The first-order valence-electron chi connectivity index (χ1n) is 10.5. The highest BCUT2D eigenvalue weighted by molar-refractivity contribution is 7.98. The minimum atomic E-state index is -3.92. The van der Waals surface area contributed by atoms with Crippen molar-refractivity contribution in [3.05, 3.63) is 48.5 Å². The number of thioether (sulfide) groups is 1. The summed E-state index contributed by atoms with van der Waals surface area (Å²) < 4.78 is 33.8. The zero-order valence-electron chi connectivity index (χ0n) is 18.3. The van der Waals surface area contributed by atoms with Crippen LogP contribution in [0, 0.1) is 5.92 Å². The third kappa shape index (κ3) is 5.74. The Morgan fingerprint density at radius 1 is 1.16 bits per heavy atom. The lowest BCUT2D eigenvalue weighted by molar-refractivity contribution is -0.131. The minimum absolute atomic E-state index is 0.166. The van der Waals surface area contributed by atoms with E-state index < -0.39 is 10.0 Å². The number of hydrogen-bond donors (Lipinski definition) is 0. The van der Waals surface area contributed by atoms with Crippen LogP contribution in [0.5, 0.6) is 5.75 Å². The molecule has 2 aromatic carbocycles. The summed E-state index contributed by atoms with van der Waals surface area (Å²) in [6.07, 6.45) is 3.97. The zero-order chi connectivity index (χ0) is 22.4. The Kier molecular flexibility index (Phi) is 7.89. The van der Waals surface area contributed by atoms with E-state index in [-0.39, 0.29) is 17.3 Å². The molecule has 31 heavy (non-hydrogen) atoms. The van der Waals surface area contributed by atoms with Gasteiger partial charge in [0.25, 0.3) is 10.0 Å². The van der Waals surface area contributed by atoms with Crippen molar-refractivity contribution in [2.75, 3.05) is 36.8 Å². The van der Waals surface area contributed by atoms with Crippen molar-refractivity contribution in [3.8, 4) is 5.75 Å². The predicted molar refractivity (Wildman–Crippen MR) is 125 cm³/mol. The first kappa shape index (κ1) is 23.5. The van der Waals surface area contributed by atoms with Crippen LogP contribution in [0.3, 0.4) is 0 Å². The quantitative estimate of drug-likeness (QED) is 0.549. The fraction of sp³-hybridized carbons (Fsp3) is 0.435. The summed E-state index contributed by atoms with van der Waals surface area (Å²) in [5.41, 5.74) is 0.441. The smallest absolute Gasteiger partial charge is 0.264 e. The number of carbonyl (C=O) groups excluding carboxylic acids is 1. The van der Waals surface area contributed by atoms with Crippen LogP contribution in [0.25, 0.3) is 0 Å². The van der Waals surface area contributed by atoms with Crippen LogP contribution in [0.1, 0.15) is 26.7 Å². The van der Waals surface area contributed by atoms with Gasteiger partial charge in [-0.05, 0) is 80.5 Å².